The van der Waals surface area contributed by atoms with E-state index < -0.39 is 5.97 Å². The van der Waals surface area contributed by atoms with E-state index in [1.54, 1.807) is 12.1 Å². The number of rotatable bonds is 3. The Morgan fingerprint density at radius 2 is 2.12 bits per heavy atom. The summed E-state index contributed by atoms with van der Waals surface area (Å²) < 4.78 is 0. The van der Waals surface area contributed by atoms with Crippen LogP contribution in [-0.2, 0) is 0 Å². The number of carboxylic acids is 1. The Kier molecular flexibility index (Phi) is 3.67. The van der Waals surface area contributed by atoms with E-state index in [1.165, 1.54) is 19.3 Å². The minimum atomic E-state index is -0.852. The maximum Gasteiger partial charge on any atom is 0.335 e. The van der Waals surface area contributed by atoms with Gasteiger partial charge >= 0.3 is 5.97 Å². The van der Waals surface area contributed by atoms with Crippen molar-refractivity contribution in [3.63, 3.8) is 0 Å². The van der Waals surface area contributed by atoms with Crippen molar-refractivity contribution in [2.45, 2.75) is 26.2 Å². The van der Waals surface area contributed by atoms with Crippen LogP contribution < -0.4 is 4.90 Å². The van der Waals surface area contributed by atoms with Crippen molar-refractivity contribution >= 4 is 11.7 Å². The van der Waals surface area contributed by atoms with Crippen molar-refractivity contribution in [3.8, 4) is 0 Å². The van der Waals surface area contributed by atoms with Crippen LogP contribution in [-0.4, -0.2) is 24.2 Å². The van der Waals surface area contributed by atoms with Crippen molar-refractivity contribution in [2.75, 3.05) is 18.0 Å². The minimum Gasteiger partial charge on any atom is -0.478 e. The standard InChI is InChI=1S/C14H19NO2/c1-2-11-6-8-15(9-7-11)13-5-3-4-12(10-13)14(16)17/h3-5,10-11H,2,6-9H2,1H3,(H,16,17). The van der Waals surface area contributed by atoms with Gasteiger partial charge in [-0.2, -0.15) is 0 Å². The second-order valence-corrected chi connectivity index (χ2v) is 4.69. The molecule has 0 saturated carbocycles. The van der Waals surface area contributed by atoms with Crippen LogP contribution in [0.4, 0.5) is 5.69 Å². The van der Waals surface area contributed by atoms with Crippen LogP contribution in [0.15, 0.2) is 24.3 Å². The molecule has 1 N–H and O–H groups in total. The van der Waals surface area contributed by atoms with Gasteiger partial charge in [0, 0.05) is 18.8 Å². The lowest BCUT2D eigenvalue weighted by molar-refractivity contribution is 0.0697. The van der Waals surface area contributed by atoms with Crippen LogP contribution in [0, 0.1) is 5.92 Å². The largest absolute Gasteiger partial charge is 0.478 e. The van der Waals surface area contributed by atoms with Crippen molar-refractivity contribution in [1.82, 2.24) is 0 Å². The quantitative estimate of drug-likeness (QED) is 0.872. The number of benzene rings is 1. The number of nitrogens with zero attached hydrogens (tertiary/aromatic N) is 1. The first-order chi connectivity index (χ1) is 8.20. The van der Waals surface area contributed by atoms with Crippen molar-refractivity contribution < 1.29 is 9.90 Å². The third-order valence-corrected chi connectivity index (χ3v) is 3.65. The van der Waals surface area contributed by atoms with E-state index >= 15 is 0 Å². The molecule has 92 valence electrons. The molecule has 0 unspecified atom stereocenters. The Hall–Kier alpha value is -1.51. The van der Waals surface area contributed by atoms with Gasteiger partial charge in [-0.1, -0.05) is 19.4 Å². The summed E-state index contributed by atoms with van der Waals surface area (Å²) in [6.45, 7) is 4.33. The Morgan fingerprint density at radius 1 is 1.41 bits per heavy atom. The van der Waals surface area contributed by atoms with Gasteiger partial charge < -0.3 is 10.0 Å². The molecule has 0 radical (unpaired) electrons. The molecule has 0 aromatic heterocycles. The minimum absolute atomic E-state index is 0.375. The molecule has 0 amide bonds. The Bertz CT molecular complexity index is 395. The normalized spacial score (nSPS) is 17.1. The van der Waals surface area contributed by atoms with Gasteiger partial charge in [-0.3, -0.25) is 0 Å². The molecule has 1 aliphatic heterocycles. The molecule has 2 rings (SSSR count). The maximum atomic E-state index is 10.9. The van der Waals surface area contributed by atoms with Gasteiger partial charge in [0.25, 0.3) is 0 Å². The lowest BCUT2D eigenvalue weighted by Gasteiger charge is -2.33. The smallest absolute Gasteiger partial charge is 0.335 e. The van der Waals surface area contributed by atoms with Gasteiger partial charge in [0.2, 0.25) is 0 Å². The van der Waals surface area contributed by atoms with E-state index in [1.807, 2.05) is 12.1 Å². The average molecular weight is 233 g/mol. The Labute approximate surface area is 102 Å². The molecule has 17 heavy (non-hydrogen) atoms. The third-order valence-electron chi connectivity index (χ3n) is 3.65. The zero-order valence-corrected chi connectivity index (χ0v) is 10.2. The summed E-state index contributed by atoms with van der Waals surface area (Å²) in [7, 11) is 0. The predicted molar refractivity (Wildman–Crippen MR) is 68.6 cm³/mol. The number of aromatic carboxylic acids is 1. The second kappa shape index (κ2) is 5.21. The molecule has 1 heterocycles. The highest BCUT2D eigenvalue weighted by atomic mass is 16.4. The average Bonchev–Trinajstić information content (AvgIpc) is 2.39. The van der Waals surface area contributed by atoms with E-state index in [4.69, 9.17) is 5.11 Å². The molecule has 3 nitrogen and oxygen atoms in total. The van der Waals surface area contributed by atoms with Gasteiger partial charge in [0.15, 0.2) is 0 Å². The molecule has 1 aliphatic rings. The number of piperidine rings is 1. The summed E-state index contributed by atoms with van der Waals surface area (Å²) in [5.74, 6) is -0.01000. The first-order valence-electron chi connectivity index (χ1n) is 6.29. The topological polar surface area (TPSA) is 40.5 Å². The number of anilines is 1. The molecule has 3 heteroatoms. The van der Waals surface area contributed by atoms with Gasteiger partial charge in [0.05, 0.1) is 5.56 Å². The summed E-state index contributed by atoms with van der Waals surface area (Å²) in [4.78, 5) is 13.2. The fourth-order valence-corrected chi connectivity index (χ4v) is 2.44. The molecule has 1 saturated heterocycles. The maximum absolute atomic E-state index is 10.9. The van der Waals surface area contributed by atoms with Crippen molar-refractivity contribution in [2.24, 2.45) is 5.92 Å². The van der Waals surface area contributed by atoms with E-state index in [0.29, 0.717) is 5.56 Å². The molecule has 0 atom stereocenters. The number of carbonyl (C=O) groups is 1. The van der Waals surface area contributed by atoms with Crippen molar-refractivity contribution in [1.29, 1.82) is 0 Å². The van der Waals surface area contributed by atoms with Crippen LogP contribution in [0.25, 0.3) is 0 Å². The third kappa shape index (κ3) is 2.78. The van der Waals surface area contributed by atoms with Crippen molar-refractivity contribution in [3.05, 3.63) is 29.8 Å². The lowest BCUT2D eigenvalue weighted by atomic mass is 9.94. The lowest BCUT2D eigenvalue weighted by Crippen LogP contribution is -2.33. The summed E-state index contributed by atoms with van der Waals surface area (Å²) >= 11 is 0. The van der Waals surface area contributed by atoms with Crippen LogP contribution in [0.2, 0.25) is 0 Å². The summed E-state index contributed by atoms with van der Waals surface area (Å²) in [6, 6.07) is 7.24. The highest BCUT2D eigenvalue weighted by Gasteiger charge is 2.18. The van der Waals surface area contributed by atoms with Gasteiger partial charge in [-0.15, -0.1) is 0 Å². The van der Waals surface area contributed by atoms with E-state index in [0.717, 1.165) is 24.7 Å². The zero-order valence-electron chi connectivity index (χ0n) is 10.2. The molecule has 1 fully saturated rings. The fraction of sp³-hybridized carbons (Fsp3) is 0.500. The summed E-state index contributed by atoms with van der Waals surface area (Å²) in [5, 5.41) is 8.97. The first kappa shape index (κ1) is 12.0. The second-order valence-electron chi connectivity index (χ2n) is 4.69. The summed E-state index contributed by atoms with van der Waals surface area (Å²) in [5.41, 5.74) is 1.42. The van der Waals surface area contributed by atoms with E-state index in [9.17, 15) is 4.79 Å². The van der Waals surface area contributed by atoms with Gasteiger partial charge in [-0.05, 0) is 37.0 Å². The van der Waals surface area contributed by atoms with Gasteiger partial charge in [-0.25, -0.2) is 4.79 Å². The van der Waals surface area contributed by atoms with Crippen LogP contribution in [0.1, 0.15) is 36.5 Å². The highest BCUT2D eigenvalue weighted by molar-refractivity contribution is 5.88. The highest BCUT2D eigenvalue weighted by Crippen LogP contribution is 2.25. The first-order valence-corrected chi connectivity index (χ1v) is 6.29. The molecule has 0 bridgehead atoms. The number of hydrogen-bond acceptors (Lipinski definition) is 2. The molecule has 1 aromatic rings. The monoisotopic (exact) mass is 233 g/mol. The summed E-state index contributed by atoms with van der Waals surface area (Å²) in [6.07, 6.45) is 3.69. The molecule has 1 aromatic carbocycles. The zero-order chi connectivity index (χ0) is 12.3. The fourth-order valence-electron chi connectivity index (χ4n) is 2.44. The van der Waals surface area contributed by atoms with Crippen LogP contribution in [0.3, 0.4) is 0 Å². The van der Waals surface area contributed by atoms with E-state index in [-0.39, 0.29) is 0 Å². The molecular formula is C14H19NO2. The Balaban J connectivity index is 2.08. The molecular weight excluding hydrogens is 214 g/mol. The predicted octanol–water partition coefficient (Wildman–Crippen LogP) is 3.01. The molecule has 0 aliphatic carbocycles. The SMILES string of the molecule is CCC1CCN(c2cccc(C(=O)O)c2)CC1. The van der Waals surface area contributed by atoms with E-state index in [2.05, 4.69) is 11.8 Å². The van der Waals surface area contributed by atoms with Gasteiger partial charge in [0.1, 0.15) is 0 Å². The van der Waals surface area contributed by atoms with Crippen LogP contribution >= 0.6 is 0 Å². The number of hydrogen-bond donors (Lipinski definition) is 1. The number of carboxylic acid groups (broad SMARTS) is 1. The van der Waals surface area contributed by atoms with Crippen LogP contribution in [0.5, 0.6) is 0 Å². The Morgan fingerprint density at radius 3 is 2.71 bits per heavy atom. The molecule has 0 spiro atoms.